The van der Waals surface area contributed by atoms with E-state index in [4.69, 9.17) is 5.73 Å². The van der Waals surface area contributed by atoms with Gasteiger partial charge in [0.2, 0.25) is 11.8 Å². The summed E-state index contributed by atoms with van der Waals surface area (Å²) in [6.45, 7) is 0.814. The first kappa shape index (κ1) is 24.5. The Balaban J connectivity index is 1.53. The lowest BCUT2D eigenvalue weighted by Crippen LogP contribution is -2.48. The smallest absolute Gasteiger partial charge is 0.246 e. The number of nitrogens with two attached hydrogens (primary N) is 1. The van der Waals surface area contributed by atoms with E-state index in [2.05, 4.69) is 27.0 Å². The molecular weight excluding hydrogens is 492 g/mol. The van der Waals surface area contributed by atoms with Gasteiger partial charge in [0.25, 0.3) is 0 Å². The van der Waals surface area contributed by atoms with Crippen LogP contribution in [0, 0.1) is 0 Å². The van der Waals surface area contributed by atoms with Crippen molar-refractivity contribution in [2.45, 2.75) is 51.0 Å². The third-order valence-corrected chi connectivity index (χ3v) is 7.21. The third-order valence-electron chi connectivity index (χ3n) is 6.68. The second-order valence-electron chi connectivity index (χ2n) is 9.00. The first-order valence-electron chi connectivity index (χ1n) is 12.2. The molecule has 1 aromatic heterocycles. The first-order chi connectivity index (χ1) is 16.6. The molecule has 0 saturated heterocycles. The average molecular weight is 525 g/mol. The zero-order valence-electron chi connectivity index (χ0n) is 19.5. The van der Waals surface area contributed by atoms with Crippen molar-refractivity contribution in [1.29, 1.82) is 0 Å². The number of nitrogens with one attached hydrogen (secondary N) is 1. The van der Waals surface area contributed by atoms with Crippen molar-refractivity contribution >= 4 is 44.3 Å². The number of hydrogen-bond acceptors (Lipinski definition) is 3. The van der Waals surface area contributed by atoms with Gasteiger partial charge in [0, 0.05) is 52.8 Å². The lowest BCUT2D eigenvalue weighted by atomic mass is 9.93. The summed E-state index contributed by atoms with van der Waals surface area (Å²) in [5.74, 6) is -0.103. The molecule has 2 amide bonds. The Morgan fingerprint density at radius 3 is 2.47 bits per heavy atom. The van der Waals surface area contributed by atoms with Crippen LogP contribution in [0.2, 0.25) is 0 Å². The van der Waals surface area contributed by atoms with Crippen LogP contribution in [0.3, 0.4) is 0 Å². The number of benzene rings is 2. The number of nitrogens with zero attached hydrogens (tertiary/aromatic N) is 2. The number of amides is 2. The first-order valence-corrected chi connectivity index (χ1v) is 13.0. The van der Waals surface area contributed by atoms with Crippen LogP contribution in [-0.4, -0.2) is 47.4 Å². The standard InChI is InChI=1S/C27H33BrN4O2/c28-21-10-12-23(13-11-21)32(22-6-2-1-3-7-22)27(34)19-31(26(33)14-16-29)17-15-20-18-30-25-9-5-4-8-24(20)25/h4-5,8-13,18,22,30H,1-3,6-7,14-17,19,29H2. The number of carbonyl (C=O) groups excluding carboxylic acids is 2. The van der Waals surface area contributed by atoms with Gasteiger partial charge in [-0.15, -0.1) is 0 Å². The Kier molecular flexibility index (Phi) is 8.40. The SMILES string of the molecule is NCCC(=O)N(CCc1c[nH]c2ccccc12)CC(=O)N(c1ccc(Br)cc1)C1CCCCC1. The molecule has 1 heterocycles. The number of para-hydroxylation sites is 1. The van der Waals surface area contributed by atoms with Gasteiger partial charge in [-0.05, 0) is 55.2 Å². The minimum atomic E-state index is -0.0740. The fourth-order valence-electron chi connectivity index (χ4n) is 4.91. The quantitative estimate of drug-likeness (QED) is 0.412. The number of rotatable bonds is 9. The molecule has 1 saturated carbocycles. The van der Waals surface area contributed by atoms with Crippen molar-refractivity contribution < 1.29 is 9.59 Å². The van der Waals surface area contributed by atoms with Gasteiger partial charge in [-0.3, -0.25) is 9.59 Å². The number of halogens is 1. The Labute approximate surface area is 209 Å². The van der Waals surface area contributed by atoms with E-state index >= 15 is 0 Å². The van der Waals surface area contributed by atoms with Crippen LogP contribution < -0.4 is 10.6 Å². The van der Waals surface area contributed by atoms with Gasteiger partial charge in [0.15, 0.2) is 0 Å². The highest BCUT2D eigenvalue weighted by Crippen LogP contribution is 2.29. The molecule has 1 fully saturated rings. The maximum atomic E-state index is 13.7. The zero-order chi connectivity index (χ0) is 23.9. The van der Waals surface area contributed by atoms with Crippen molar-refractivity contribution in [3.05, 3.63) is 64.8 Å². The number of aromatic amines is 1. The number of H-pyrrole nitrogens is 1. The molecule has 3 aromatic rings. The van der Waals surface area contributed by atoms with Crippen molar-refractivity contribution in [2.75, 3.05) is 24.5 Å². The molecule has 0 aliphatic heterocycles. The molecule has 180 valence electrons. The van der Waals surface area contributed by atoms with Crippen LogP contribution in [0.1, 0.15) is 44.1 Å². The molecule has 6 nitrogen and oxygen atoms in total. The monoisotopic (exact) mass is 524 g/mol. The summed E-state index contributed by atoms with van der Waals surface area (Å²) in [6.07, 6.45) is 8.36. The van der Waals surface area contributed by atoms with Gasteiger partial charge in [0.1, 0.15) is 6.54 Å². The largest absolute Gasteiger partial charge is 0.361 e. The van der Waals surface area contributed by atoms with E-state index in [1.54, 1.807) is 4.90 Å². The summed E-state index contributed by atoms with van der Waals surface area (Å²) in [4.78, 5) is 33.6. The van der Waals surface area contributed by atoms with Crippen LogP contribution in [0.25, 0.3) is 10.9 Å². The van der Waals surface area contributed by atoms with Crippen molar-refractivity contribution in [2.24, 2.45) is 5.73 Å². The summed E-state index contributed by atoms with van der Waals surface area (Å²) < 4.78 is 0.978. The second-order valence-corrected chi connectivity index (χ2v) is 9.91. The molecule has 0 atom stereocenters. The zero-order valence-corrected chi connectivity index (χ0v) is 21.1. The molecule has 1 aliphatic carbocycles. The van der Waals surface area contributed by atoms with E-state index in [0.29, 0.717) is 13.0 Å². The number of carbonyl (C=O) groups is 2. The molecule has 3 N–H and O–H groups in total. The second kappa shape index (κ2) is 11.7. The van der Waals surface area contributed by atoms with E-state index in [9.17, 15) is 9.59 Å². The van der Waals surface area contributed by atoms with E-state index in [1.165, 1.54) is 6.42 Å². The predicted octanol–water partition coefficient (Wildman–Crippen LogP) is 5.02. The molecular formula is C27H33BrN4O2. The lowest BCUT2D eigenvalue weighted by molar-refractivity contribution is -0.135. The highest BCUT2D eigenvalue weighted by molar-refractivity contribution is 9.10. The molecule has 0 unspecified atom stereocenters. The fourth-order valence-corrected chi connectivity index (χ4v) is 5.17. The number of anilines is 1. The lowest BCUT2D eigenvalue weighted by Gasteiger charge is -2.36. The van der Waals surface area contributed by atoms with E-state index < -0.39 is 0 Å². The molecule has 34 heavy (non-hydrogen) atoms. The summed E-state index contributed by atoms with van der Waals surface area (Å²) in [6, 6.07) is 16.2. The molecule has 2 aromatic carbocycles. The van der Waals surface area contributed by atoms with Crippen molar-refractivity contribution in [1.82, 2.24) is 9.88 Å². The maximum absolute atomic E-state index is 13.7. The van der Waals surface area contributed by atoms with Crippen molar-refractivity contribution in [3.8, 4) is 0 Å². The molecule has 7 heteroatoms. The van der Waals surface area contributed by atoms with E-state index in [-0.39, 0.29) is 37.4 Å². The highest BCUT2D eigenvalue weighted by Gasteiger charge is 2.29. The number of fused-ring (bicyclic) bond motifs is 1. The Bertz CT molecular complexity index is 1110. The number of hydrogen-bond donors (Lipinski definition) is 2. The molecule has 4 rings (SSSR count). The fraction of sp³-hybridized carbons (Fsp3) is 0.407. The molecule has 0 radical (unpaired) electrons. The van der Waals surface area contributed by atoms with Crippen LogP contribution >= 0.6 is 15.9 Å². The number of aromatic nitrogens is 1. The molecule has 1 aliphatic rings. The summed E-state index contributed by atoms with van der Waals surface area (Å²) in [5, 5.41) is 1.15. The van der Waals surface area contributed by atoms with Gasteiger partial charge in [-0.2, -0.15) is 0 Å². The average Bonchev–Trinajstić information content (AvgIpc) is 3.27. The van der Waals surface area contributed by atoms with Gasteiger partial charge in [0.05, 0.1) is 0 Å². The van der Waals surface area contributed by atoms with Gasteiger partial charge in [-0.25, -0.2) is 0 Å². The summed E-state index contributed by atoms with van der Waals surface area (Å²) in [5.41, 5.74) is 8.80. The maximum Gasteiger partial charge on any atom is 0.246 e. The minimum absolute atomic E-state index is 0.0291. The Hall–Kier alpha value is -2.64. The van der Waals surface area contributed by atoms with Gasteiger partial charge in [-0.1, -0.05) is 53.4 Å². The van der Waals surface area contributed by atoms with Gasteiger partial charge < -0.3 is 20.5 Å². The Morgan fingerprint density at radius 2 is 1.74 bits per heavy atom. The van der Waals surface area contributed by atoms with Crippen LogP contribution in [0.4, 0.5) is 5.69 Å². The Morgan fingerprint density at radius 1 is 1.00 bits per heavy atom. The minimum Gasteiger partial charge on any atom is -0.361 e. The highest BCUT2D eigenvalue weighted by atomic mass is 79.9. The predicted molar refractivity (Wildman–Crippen MR) is 141 cm³/mol. The summed E-state index contributed by atoms with van der Waals surface area (Å²) in [7, 11) is 0. The van der Waals surface area contributed by atoms with Crippen LogP contribution in [-0.2, 0) is 16.0 Å². The normalized spacial score (nSPS) is 14.3. The van der Waals surface area contributed by atoms with E-state index in [0.717, 1.165) is 52.3 Å². The topological polar surface area (TPSA) is 82.4 Å². The van der Waals surface area contributed by atoms with Crippen molar-refractivity contribution in [3.63, 3.8) is 0 Å². The molecule has 0 spiro atoms. The third kappa shape index (κ3) is 5.88. The van der Waals surface area contributed by atoms with Crippen LogP contribution in [0.15, 0.2) is 59.2 Å². The van der Waals surface area contributed by atoms with Gasteiger partial charge >= 0.3 is 0 Å². The summed E-state index contributed by atoms with van der Waals surface area (Å²) >= 11 is 3.49. The van der Waals surface area contributed by atoms with E-state index in [1.807, 2.05) is 53.6 Å². The van der Waals surface area contributed by atoms with Crippen LogP contribution in [0.5, 0.6) is 0 Å². The molecule has 0 bridgehead atoms.